The summed E-state index contributed by atoms with van der Waals surface area (Å²) in [6.07, 6.45) is 10.5. The van der Waals surface area contributed by atoms with Crippen molar-refractivity contribution in [1.29, 1.82) is 0 Å². The molecule has 3 aliphatic rings. The first kappa shape index (κ1) is 19.5. The van der Waals surface area contributed by atoms with Crippen molar-refractivity contribution in [2.75, 3.05) is 40.4 Å². The Morgan fingerprint density at radius 3 is 2.65 bits per heavy atom. The fourth-order valence-electron chi connectivity index (χ4n) is 4.62. The summed E-state index contributed by atoms with van der Waals surface area (Å²) < 4.78 is 5.47. The number of rotatable bonds is 5. The highest BCUT2D eigenvalue weighted by molar-refractivity contribution is 5.84. The van der Waals surface area contributed by atoms with Crippen molar-refractivity contribution in [3.63, 3.8) is 0 Å². The summed E-state index contributed by atoms with van der Waals surface area (Å²) in [6.45, 7) is 2.74. The fourth-order valence-corrected chi connectivity index (χ4v) is 4.62. The lowest BCUT2D eigenvalue weighted by Crippen LogP contribution is -2.48. The summed E-state index contributed by atoms with van der Waals surface area (Å²) in [7, 11) is 3.55. The lowest BCUT2D eigenvalue weighted by Gasteiger charge is -2.40. The van der Waals surface area contributed by atoms with Gasteiger partial charge in [0.25, 0.3) is 0 Å². The maximum Gasteiger partial charge on any atom is 0.243 e. The highest BCUT2D eigenvalue weighted by atomic mass is 16.5. The third kappa shape index (κ3) is 5.60. The number of hydrogen-bond acceptors (Lipinski definition) is 3. The van der Waals surface area contributed by atoms with Gasteiger partial charge in [-0.25, -0.2) is 4.99 Å². The number of fused-ring (bicyclic) bond motifs is 1. The molecule has 148 valence electrons. The molecule has 1 heterocycles. The van der Waals surface area contributed by atoms with E-state index >= 15 is 0 Å². The van der Waals surface area contributed by atoms with E-state index in [1.54, 1.807) is 19.0 Å². The average Bonchev–Trinajstić information content (AvgIpc) is 3.17. The maximum absolute atomic E-state index is 11.9. The van der Waals surface area contributed by atoms with Crippen molar-refractivity contribution in [3.8, 4) is 0 Å². The topological polar surface area (TPSA) is 66.0 Å². The van der Waals surface area contributed by atoms with Crippen LogP contribution in [0, 0.1) is 17.8 Å². The number of carbonyl (C=O) groups excluding carboxylic acids is 1. The van der Waals surface area contributed by atoms with Gasteiger partial charge in [0.2, 0.25) is 5.91 Å². The van der Waals surface area contributed by atoms with Crippen molar-refractivity contribution in [2.24, 2.45) is 22.7 Å². The van der Waals surface area contributed by atoms with Crippen molar-refractivity contribution in [2.45, 2.75) is 57.4 Å². The molecule has 3 rings (SSSR count). The molecule has 2 N–H and O–H groups in total. The quantitative estimate of drug-likeness (QED) is 0.578. The van der Waals surface area contributed by atoms with E-state index in [1.807, 2.05) is 0 Å². The van der Waals surface area contributed by atoms with Crippen LogP contribution < -0.4 is 10.6 Å². The van der Waals surface area contributed by atoms with Crippen LogP contribution in [0.25, 0.3) is 0 Å². The fraction of sp³-hybridized carbons (Fsp3) is 0.900. The van der Waals surface area contributed by atoms with Gasteiger partial charge in [0, 0.05) is 39.2 Å². The van der Waals surface area contributed by atoms with Crippen LogP contribution in [-0.4, -0.2) is 63.2 Å². The van der Waals surface area contributed by atoms with Crippen LogP contribution in [0.1, 0.15) is 51.4 Å². The molecule has 0 spiro atoms. The molecule has 26 heavy (non-hydrogen) atoms. The Hall–Kier alpha value is -1.30. The first-order chi connectivity index (χ1) is 12.6. The molecule has 4 atom stereocenters. The highest BCUT2D eigenvalue weighted by Gasteiger charge is 2.32. The minimum absolute atomic E-state index is 0.0336. The number of guanidine groups is 1. The van der Waals surface area contributed by atoms with Gasteiger partial charge in [-0.05, 0) is 37.5 Å². The lowest BCUT2D eigenvalue weighted by atomic mass is 9.69. The van der Waals surface area contributed by atoms with Crippen LogP contribution in [0.5, 0.6) is 0 Å². The summed E-state index contributed by atoms with van der Waals surface area (Å²) >= 11 is 0. The summed E-state index contributed by atoms with van der Waals surface area (Å²) in [5, 5.41) is 7.10. The molecular formula is C20H36N4O2. The third-order valence-electron chi connectivity index (χ3n) is 6.33. The molecule has 0 aromatic carbocycles. The molecule has 4 unspecified atom stereocenters. The number of nitrogens with one attached hydrogen (secondary N) is 2. The molecule has 2 aliphatic carbocycles. The number of nitrogens with zero attached hydrogens (tertiary/aromatic N) is 2. The van der Waals surface area contributed by atoms with E-state index in [1.165, 1.54) is 44.9 Å². The second-order valence-corrected chi connectivity index (χ2v) is 8.52. The SMILES string of the molecule is CN(C)C(=O)CN=C(NCC1CCOC1)NC1CCC2CCCCC2C1. The lowest BCUT2D eigenvalue weighted by molar-refractivity contribution is -0.127. The number of ether oxygens (including phenoxy) is 1. The number of hydrogen-bond donors (Lipinski definition) is 2. The molecule has 1 amide bonds. The Morgan fingerprint density at radius 1 is 1.12 bits per heavy atom. The van der Waals surface area contributed by atoms with Gasteiger partial charge >= 0.3 is 0 Å². The third-order valence-corrected chi connectivity index (χ3v) is 6.33. The first-order valence-electron chi connectivity index (χ1n) is 10.4. The Labute approximate surface area is 158 Å². The first-order valence-corrected chi connectivity index (χ1v) is 10.4. The van der Waals surface area contributed by atoms with Crippen molar-refractivity contribution >= 4 is 11.9 Å². The molecule has 0 aromatic rings. The second kappa shape index (κ2) is 9.58. The average molecular weight is 365 g/mol. The number of carbonyl (C=O) groups is 1. The van der Waals surface area contributed by atoms with Gasteiger partial charge in [-0.2, -0.15) is 0 Å². The Bertz CT molecular complexity index is 488. The van der Waals surface area contributed by atoms with Gasteiger partial charge in [0.1, 0.15) is 6.54 Å². The van der Waals surface area contributed by atoms with Gasteiger partial charge in [-0.1, -0.05) is 25.7 Å². The zero-order chi connectivity index (χ0) is 18.4. The summed E-state index contributed by atoms with van der Waals surface area (Å²) in [4.78, 5) is 18.1. The van der Waals surface area contributed by atoms with Crippen LogP contribution in [0.15, 0.2) is 4.99 Å². The molecular weight excluding hydrogens is 328 g/mol. The van der Waals surface area contributed by atoms with Crippen LogP contribution in [0.2, 0.25) is 0 Å². The number of likely N-dealkylation sites (N-methyl/N-ethyl adjacent to an activating group) is 1. The predicted octanol–water partition coefficient (Wildman–Crippen LogP) is 2.01. The summed E-state index contributed by atoms with van der Waals surface area (Å²) in [6, 6.07) is 0.481. The standard InChI is InChI=1S/C20H36N4O2/c1-24(2)19(25)13-22-20(21-12-15-9-10-26-14-15)23-18-8-7-16-5-3-4-6-17(16)11-18/h15-18H,3-14H2,1-2H3,(H2,21,22,23). The minimum atomic E-state index is 0.0336. The number of amides is 1. The van der Waals surface area contributed by atoms with Gasteiger partial charge in [0.15, 0.2) is 5.96 Å². The monoisotopic (exact) mass is 364 g/mol. The molecule has 1 saturated heterocycles. The van der Waals surface area contributed by atoms with Crippen molar-refractivity contribution < 1.29 is 9.53 Å². The van der Waals surface area contributed by atoms with E-state index in [0.717, 1.165) is 44.0 Å². The van der Waals surface area contributed by atoms with E-state index in [4.69, 9.17) is 4.74 Å². The molecule has 0 aromatic heterocycles. The molecule has 1 aliphatic heterocycles. The largest absolute Gasteiger partial charge is 0.381 e. The maximum atomic E-state index is 11.9. The van der Waals surface area contributed by atoms with Crippen LogP contribution >= 0.6 is 0 Å². The van der Waals surface area contributed by atoms with Crippen molar-refractivity contribution in [1.82, 2.24) is 15.5 Å². The molecule has 3 fully saturated rings. The van der Waals surface area contributed by atoms with Crippen LogP contribution in [-0.2, 0) is 9.53 Å². The van der Waals surface area contributed by atoms with Gasteiger partial charge in [-0.15, -0.1) is 0 Å². The normalized spacial score (nSPS) is 32.0. The predicted molar refractivity (Wildman–Crippen MR) is 104 cm³/mol. The second-order valence-electron chi connectivity index (χ2n) is 8.52. The Kier molecular flexibility index (Phi) is 7.17. The van der Waals surface area contributed by atoms with E-state index in [2.05, 4.69) is 15.6 Å². The van der Waals surface area contributed by atoms with Gasteiger partial charge < -0.3 is 20.3 Å². The Morgan fingerprint density at radius 2 is 1.92 bits per heavy atom. The molecule has 2 saturated carbocycles. The van der Waals surface area contributed by atoms with Crippen LogP contribution in [0.4, 0.5) is 0 Å². The van der Waals surface area contributed by atoms with E-state index in [9.17, 15) is 4.79 Å². The van der Waals surface area contributed by atoms with Gasteiger partial charge in [0.05, 0.1) is 6.61 Å². The van der Waals surface area contributed by atoms with Crippen molar-refractivity contribution in [3.05, 3.63) is 0 Å². The van der Waals surface area contributed by atoms with E-state index in [-0.39, 0.29) is 12.5 Å². The summed E-state index contributed by atoms with van der Waals surface area (Å²) in [5.41, 5.74) is 0. The van der Waals surface area contributed by atoms with Gasteiger partial charge in [-0.3, -0.25) is 4.79 Å². The van der Waals surface area contributed by atoms with E-state index in [0.29, 0.717) is 12.0 Å². The zero-order valence-corrected chi connectivity index (χ0v) is 16.5. The molecule has 0 radical (unpaired) electrons. The number of aliphatic imine (C=N–C) groups is 1. The zero-order valence-electron chi connectivity index (χ0n) is 16.5. The molecule has 6 heteroatoms. The molecule has 6 nitrogen and oxygen atoms in total. The minimum Gasteiger partial charge on any atom is -0.381 e. The summed E-state index contributed by atoms with van der Waals surface area (Å²) in [5.74, 6) is 3.20. The van der Waals surface area contributed by atoms with E-state index < -0.39 is 0 Å². The molecule has 0 bridgehead atoms. The smallest absolute Gasteiger partial charge is 0.243 e. The highest BCUT2D eigenvalue weighted by Crippen LogP contribution is 2.40. The Balaban J connectivity index is 1.54. The van der Waals surface area contributed by atoms with Crippen LogP contribution in [0.3, 0.4) is 0 Å².